The summed E-state index contributed by atoms with van der Waals surface area (Å²) in [5.74, 6) is -0.158. The summed E-state index contributed by atoms with van der Waals surface area (Å²) < 4.78 is 5.47. The SMILES string of the molecule is CC(C)C[C@@H](NC(=O)C1Cc2ccccc2S1)C(=O)OC(C)(C)C. The first-order chi connectivity index (χ1) is 11.2. The van der Waals surface area contributed by atoms with Gasteiger partial charge in [0.2, 0.25) is 5.91 Å². The van der Waals surface area contributed by atoms with E-state index in [1.807, 2.05) is 52.8 Å². The van der Waals surface area contributed by atoms with Crippen molar-refractivity contribution in [1.82, 2.24) is 5.32 Å². The molecule has 2 rings (SSSR count). The molecule has 1 N–H and O–H groups in total. The monoisotopic (exact) mass is 349 g/mol. The minimum absolute atomic E-state index is 0.0901. The van der Waals surface area contributed by atoms with Crippen molar-refractivity contribution in [3.63, 3.8) is 0 Å². The van der Waals surface area contributed by atoms with Gasteiger partial charge in [-0.05, 0) is 51.2 Å². The second-order valence-corrected chi connectivity index (χ2v) is 8.89. The zero-order valence-electron chi connectivity index (χ0n) is 15.1. The fourth-order valence-corrected chi connectivity index (χ4v) is 3.86. The van der Waals surface area contributed by atoms with E-state index in [0.29, 0.717) is 12.8 Å². The zero-order chi connectivity index (χ0) is 17.9. The first-order valence-electron chi connectivity index (χ1n) is 8.43. The van der Waals surface area contributed by atoms with Gasteiger partial charge in [-0.3, -0.25) is 4.79 Å². The van der Waals surface area contributed by atoms with Gasteiger partial charge in [0.05, 0.1) is 5.25 Å². The smallest absolute Gasteiger partial charge is 0.329 e. The second-order valence-electron chi connectivity index (χ2n) is 7.64. The van der Waals surface area contributed by atoms with E-state index in [-0.39, 0.29) is 23.0 Å². The summed E-state index contributed by atoms with van der Waals surface area (Å²) in [6, 6.07) is 7.46. The van der Waals surface area contributed by atoms with E-state index in [4.69, 9.17) is 4.74 Å². The Labute approximate surface area is 148 Å². The van der Waals surface area contributed by atoms with Crippen molar-refractivity contribution in [3.8, 4) is 0 Å². The number of hydrogen-bond acceptors (Lipinski definition) is 4. The number of thioether (sulfide) groups is 1. The fourth-order valence-electron chi connectivity index (χ4n) is 2.65. The Morgan fingerprint density at radius 3 is 2.54 bits per heavy atom. The molecule has 1 aliphatic heterocycles. The number of carbonyl (C=O) groups is 2. The van der Waals surface area contributed by atoms with Crippen molar-refractivity contribution < 1.29 is 14.3 Å². The Bertz CT molecular complexity index is 582. The molecular formula is C19H27NO3S. The molecule has 1 amide bonds. The molecule has 1 aromatic rings. The van der Waals surface area contributed by atoms with Gasteiger partial charge in [0.25, 0.3) is 0 Å². The van der Waals surface area contributed by atoms with Gasteiger partial charge in [-0.25, -0.2) is 4.79 Å². The van der Waals surface area contributed by atoms with Crippen molar-refractivity contribution in [1.29, 1.82) is 0 Å². The third-order valence-corrected chi connectivity index (χ3v) is 4.97. The molecule has 0 saturated heterocycles. The van der Waals surface area contributed by atoms with E-state index in [9.17, 15) is 9.59 Å². The van der Waals surface area contributed by atoms with Crippen molar-refractivity contribution in [2.45, 2.75) is 69.2 Å². The van der Waals surface area contributed by atoms with Crippen molar-refractivity contribution in [3.05, 3.63) is 29.8 Å². The molecule has 1 heterocycles. The molecule has 2 atom stereocenters. The number of ether oxygens (including phenoxy) is 1. The van der Waals surface area contributed by atoms with Crippen molar-refractivity contribution >= 4 is 23.6 Å². The van der Waals surface area contributed by atoms with E-state index in [2.05, 4.69) is 11.4 Å². The van der Waals surface area contributed by atoms with Crippen LogP contribution in [0, 0.1) is 5.92 Å². The fraction of sp³-hybridized carbons (Fsp3) is 0.579. The molecule has 0 fully saturated rings. The van der Waals surface area contributed by atoms with Crippen LogP contribution in [0.1, 0.15) is 46.6 Å². The average molecular weight is 349 g/mol. The number of fused-ring (bicyclic) bond motifs is 1. The lowest BCUT2D eigenvalue weighted by Gasteiger charge is -2.26. The van der Waals surface area contributed by atoms with Gasteiger partial charge in [-0.15, -0.1) is 11.8 Å². The third kappa shape index (κ3) is 5.26. The lowest BCUT2D eigenvalue weighted by Crippen LogP contribution is -2.47. The highest BCUT2D eigenvalue weighted by molar-refractivity contribution is 8.01. The number of benzene rings is 1. The summed E-state index contributed by atoms with van der Waals surface area (Å²) in [5, 5.41) is 2.73. The van der Waals surface area contributed by atoms with Gasteiger partial charge in [-0.2, -0.15) is 0 Å². The highest BCUT2D eigenvalue weighted by atomic mass is 32.2. The molecule has 0 aliphatic carbocycles. The maximum Gasteiger partial charge on any atom is 0.329 e. The molecule has 0 aromatic heterocycles. The van der Waals surface area contributed by atoms with Gasteiger partial charge in [0, 0.05) is 4.90 Å². The zero-order valence-corrected chi connectivity index (χ0v) is 15.9. The number of carbonyl (C=O) groups excluding carboxylic acids is 2. The molecule has 0 bridgehead atoms. The van der Waals surface area contributed by atoms with E-state index in [1.165, 1.54) is 5.56 Å². The number of esters is 1. The molecule has 1 unspecified atom stereocenters. The van der Waals surface area contributed by atoms with Gasteiger partial charge in [0.1, 0.15) is 11.6 Å². The highest BCUT2D eigenvalue weighted by Gasteiger charge is 2.33. The van der Waals surface area contributed by atoms with Crippen LogP contribution in [-0.4, -0.2) is 28.8 Å². The minimum atomic E-state index is -0.596. The van der Waals surface area contributed by atoms with Gasteiger partial charge in [0.15, 0.2) is 0 Å². The molecule has 4 nitrogen and oxygen atoms in total. The Kier molecular flexibility index (Phi) is 5.97. The number of rotatable bonds is 5. The van der Waals surface area contributed by atoms with Crippen LogP contribution in [0.5, 0.6) is 0 Å². The van der Waals surface area contributed by atoms with E-state index >= 15 is 0 Å². The highest BCUT2D eigenvalue weighted by Crippen LogP contribution is 2.36. The third-order valence-electron chi connectivity index (χ3n) is 3.65. The van der Waals surface area contributed by atoms with Crippen LogP contribution >= 0.6 is 11.8 Å². The number of nitrogens with one attached hydrogen (secondary N) is 1. The number of amides is 1. The molecule has 132 valence electrons. The van der Waals surface area contributed by atoms with Crippen LogP contribution in [0.2, 0.25) is 0 Å². The maximum atomic E-state index is 12.6. The Morgan fingerprint density at radius 2 is 1.96 bits per heavy atom. The molecule has 0 radical (unpaired) electrons. The Morgan fingerprint density at radius 1 is 1.29 bits per heavy atom. The van der Waals surface area contributed by atoms with Crippen LogP contribution < -0.4 is 5.32 Å². The summed E-state index contributed by atoms with van der Waals surface area (Å²) in [6.07, 6.45) is 1.28. The van der Waals surface area contributed by atoms with Gasteiger partial charge < -0.3 is 10.1 Å². The number of hydrogen-bond donors (Lipinski definition) is 1. The maximum absolute atomic E-state index is 12.6. The summed E-state index contributed by atoms with van der Waals surface area (Å²) in [5.41, 5.74) is 0.635. The molecule has 0 saturated carbocycles. The summed E-state index contributed by atoms with van der Waals surface area (Å²) in [6.45, 7) is 9.57. The van der Waals surface area contributed by atoms with Crippen LogP contribution in [-0.2, 0) is 20.7 Å². The summed E-state index contributed by atoms with van der Waals surface area (Å²) >= 11 is 1.57. The van der Waals surface area contributed by atoms with Gasteiger partial charge in [-0.1, -0.05) is 32.0 Å². The molecule has 1 aromatic carbocycles. The normalized spacial score (nSPS) is 18.2. The topological polar surface area (TPSA) is 55.4 Å². The minimum Gasteiger partial charge on any atom is -0.458 e. The standard InChI is InChI=1S/C19H27NO3S/c1-12(2)10-14(18(22)23-19(3,4)5)20-17(21)16-11-13-8-6-7-9-15(13)24-16/h6-9,12,14,16H,10-11H2,1-5H3,(H,20,21)/t14-,16?/m1/s1. The lowest BCUT2D eigenvalue weighted by molar-refractivity contribution is -0.159. The molecule has 0 spiro atoms. The van der Waals surface area contributed by atoms with Crippen LogP contribution in [0.4, 0.5) is 0 Å². The summed E-state index contributed by atoms with van der Waals surface area (Å²) in [4.78, 5) is 26.2. The Hall–Kier alpha value is -1.49. The average Bonchev–Trinajstić information content (AvgIpc) is 2.88. The second kappa shape index (κ2) is 7.60. The molecular weight excluding hydrogens is 322 g/mol. The molecule has 24 heavy (non-hydrogen) atoms. The van der Waals surface area contributed by atoms with Crippen LogP contribution in [0.25, 0.3) is 0 Å². The molecule has 5 heteroatoms. The predicted molar refractivity (Wildman–Crippen MR) is 97.0 cm³/mol. The van der Waals surface area contributed by atoms with Crippen molar-refractivity contribution in [2.75, 3.05) is 0 Å². The Balaban J connectivity index is 2.01. The van der Waals surface area contributed by atoms with Crippen molar-refractivity contribution in [2.24, 2.45) is 5.92 Å². The summed E-state index contributed by atoms with van der Waals surface area (Å²) in [7, 11) is 0. The first kappa shape index (κ1) is 18.8. The van der Waals surface area contributed by atoms with E-state index < -0.39 is 11.6 Å². The van der Waals surface area contributed by atoms with E-state index in [0.717, 1.165) is 4.90 Å². The molecule has 1 aliphatic rings. The van der Waals surface area contributed by atoms with Crippen LogP contribution in [0.3, 0.4) is 0 Å². The quantitative estimate of drug-likeness (QED) is 0.826. The van der Waals surface area contributed by atoms with Crippen LogP contribution in [0.15, 0.2) is 29.2 Å². The predicted octanol–water partition coefficient (Wildman–Crippen LogP) is 3.58. The lowest BCUT2D eigenvalue weighted by atomic mass is 10.0. The van der Waals surface area contributed by atoms with E-state index in [1.54, 1.807) is 11.8 Å². The van der Waals surface area contributed by atoms with Gasteiger partial charge >= 0.3 is 5.97 Å². The largest absolute Gasteiger partial charge is 0.458 e. The first-order valence-corrected chi connectivity index (χ1v) is 9.31.